The zero-order valence-corrected chi connectivity index (χ0v) is 36.2. The number of pyridine rings is 1. The molecule has 1 aliphatic heterocycles. The lowest BCUT2D eigenvalue weighted by atomic mass is 9.83. The maximum absolute atomic E-state index is 15.0. The molecule has 11 nitrogen and oxygen atoms in total. The molecular weight excluding hydrogens is 751 g/mol. The first-order chi connectivity index (χ1) is 26.7. The fourth-order valence-corrected chi connectivity index (χ4v) is 6.88. The van der Waals surface area contributed by atoms with Gasteiger partial charge in [-0.25, -0.2) is 4.79 Å². The van der Waals surface area contributed by atoms with Gasteiger partial charge in [0.05, 0.1) is 44.0 Å². The van der Waals surface area contributed by atoms with Gasteiger partial charge in [-0.15, -0.1) is 0 Å². The van der Waals surface area contributed by atoms with Crippen LogP contribution in [0.3, 0.4) is 0 Å². The van der Waals surface area contributed by atoms with Crippen molar-refractivity contribution < 1.29 is 23.8 Å². The molecule has 0 bridgehead atoms. The van der Waals surface area contributed by atoms with E-state index in [1.807, 2.05) is 68.2 Å². The quantitative estimate of drug-likeness (QED) is 0.0914. The van der Waals surface area contributed by atoms with E-state index in [1.54, 1.807) is 16.0 Å². The summed E-state index contributed by atoms with van der Waals surface area (Å²) in [5.41, 5.74) is 1.50. The van der Waals surface area contributed by atoms with E-state index in [-0.39, 0.29) is 36.4 Å². The molecule has 1 fully saturated rings. The number of urea groups is 1. The number of amides is 3. The SMILES string of the molecule is CCOCCN(CCOCC)C(=O)CN1CCN(C(=O)N(Cc2ccc(Cl)cc2)C(=NC(C)(C)C2C=CC(Cl)=CC2)c2cnc(C(C)(C)C)cc2OCC)CC1. The van der Waals surface area contributed by atoms with Crippen molar-refractivity contribution in [1.29, 1.82) is 0 Å². The molecule has 2 heterocycles. The fraction of sp³-hybridized carbons (Fsp3) is 0.581. The standard InChI is InChI=1S/C43H62Cl2N6O5/c1-9-54-26-24-49(25-27-55-10-2)39(52)31-48-20-22-50(23-21-48)41(53)51(30-32-12-16-34(44)17-13-32)40(47-43(7,8)33-14-18-35(45)19-15-33)36-29-46-38(42(4,5)6)28-37(36)56-11-3/h12-14,16-19,28-29,33H,9-11,15,20-27,30-31H2,1-8H3. The van der Waals surface area contributed by atoms with Crippen molar-refractivity contribution in [3.05, 3.63) is 81.6 Å². The van der Waals surface area contributed by atoms with Gasteiger partial charge < -0.3 is 24.0 Å². The Morgan fingerprint density at radius 1 is 0.929 bits per heavy atom. The molecule has 1 aromatic heterocycles. The van der Waals surface area contributed by atoms with Crippen molar-refractivity contribution in [2.75, 3.05) is 78.8 Å². The largest absolute Gasteiger partial charge is 0.493 e. The van der Waals surface area contributed by atoms with Crippen LogP contribution in [0.1, 0.15) is 78.6 Å². The van der Waals surface area contributed by atoms with E-state index in [1.165, 1.54) is 0 Å². The van der Waals surface area contributed by atoms with Gasteiger partial charge in [0, 0.05) is 91.8 Å². The molecule has 0 spiro atoms. The van der Waals surface area contributed by atoms with Gasteiger partial charge in [-0.05, 0) is 64.8 Å². The Labute approximate surface area is 344 Å². The first kappa shape index (κ1) is 45.2. The lowest BCUT2D eigenvalue weighted by Gasteiger charge is -2.39. The second-order valence-electron chi connectivity index (χ2n) is 15.7. The van der Waals surface area contributed by atoms with E-state index in [2.05, 4.69) is 45.6 Å². The summed E-state index contributed by atoms with van der Waals surface area (Å²) < 4.78 is 17.4. The van der Waals surface area contributed by atoms with Crippen LogP contribution in [-0.2, 0) is 26.2 Å². The van der Waals surface area contributed by atoms with Crippen LogP contribution < -0.4 is 4.74 Å². The van der Waals surface area contributed by atoms with Gasteiger partial charge >= 0.3 is 6.03 Å². The second kappa shape index (κ2) is 21.3. The highest BCUT2D eigenvalue weighted by molar-refractivity contribution is 6.31. The normalized spacial score (nSPS) is 16.8. The Balaban J connectivity index is 1.70. The Kier molecular flexibility index (Phi) is 17.2. The van der Waals surface area contributed by atoms with E-state index in [0.29, 0.717) is 106 Å². The smallest absolute Gasteiger partial charge is 0.326 e. The van der Waals surface area contributed by atoms with E-state index in [0.717, 1.165) is 11.3 Å². The number of amidine groups is 1. The number of nitrogens with zero attached hydrogens (tertiary/aromatic N) is 6. The predicted octanol–water partition coefficient (Wildman–Crippen LogP) is 7.80. The average Bonchev–Trinajstić information content (AvgIpc) is 3.16. The third kappa shape index (κ3) is 13.0. The summed E-state index contributed by atoms with van der Waals surface area (Å²) in [5, 5.41) is 1.31. The van der Waals surface area contributed by atoms with Crippen molar-refractivity contribution >= 4 is 41.0 Å². The summed E-state index contributed by atoms with van der Waals surface area (Å²) in [4.78, 5) is 46.4. The van der Waals surface area contributed by atoms with Gasteiger partial charge in [0.15, 0.2) is 0 Å². The number of ether oxygens (including phenoxy) is 3. The summed E-state index contributed by atoms with van der Waals surface area (Å²) in [5.74, 6) is 1.12. The summed E-state index contributed by atoms with van der Waals surface area (Å²) in [6.07, 6.45) is 8.51. The number of rotatable bonds is 17. The highest BCUT2D eigenvalue weighted by atomic mass is 35.5. The maximum Gasteiger partial charge on any atom is 0.326 e. The molecule has 0 N–H and O–H groups in total. The van der Waals surface area contributed by atoms with Crippen LogP contribution in [0, 0.1) is 5.92 Å². The third-order valence-electron chi connectivity index (χ3n) is 10.0. The molecule has 13 heteroatoms. The van der Waals surface area contributed by atoms with Crippen LogP contribution in [0.5, 0.6) is 5.75 Å². The highest BCUT2D eigenvalue weighted by Crippen LogP contribution is 2.34. The summed E-state index contributed by atoms with van der Waals surface area (Å²) >= 11 is 12.6. The van der Waals surface area contributed by atoms with Crippen molar-refractivity contribution in [2.24, 2.45) is 10.9 Å². The molecule has 2 aliphatic rings. The third-order valence-corrected chi connectivity index (χ3v) is 10.6. The van der Waals surface area contributed by atoms with Crippen LogP contribution in [0.4, 0.5) is 4.79 Å². The Morgan fingerprint density at radius 2 is 1.57 bits per heavy atom. The van der Waals surface area contributed by atoms with Gasteiger partial charge in [-0.1, -0.05) is 68.3 Å². The minimum atomic E-state index is -0.653. The minimum absolute atomic E-state index is 0.0209. The monoisotopic (exact) mass is 812 g/mol. The van der Waals surface area contributed by atoms with Gasteiger partial charge in [0.2, 0.25) is 5.91 Å². The zero-order valence-electron chi connectivity index (χ0n) is 34.7. The molecule has 308 valence electrons. The second-order valence-corrected chi connectivity index (χ2v) is 16.5. The number of carbonyl (C=O) groups is 2. The summed E-state index contributed by atoms with van der Waals surface area (Å²) in [7, 11) is 0. The highest BCUT2D eigenvalue weighted by Gasteiger charge is 2.35. The summed E-state index contributed by atoms with van der Waals surface area (Å²) in [6.45, 7) is 22.4. The van der Waals surface area contributed by atoms with E-state index < -0.39 is 5.54 Å². The molecule has 1 aliphatic carbocycles. The number of benzene rings is 1. The van der Waals surface area contributed by atoms with E-state index in [9.17, 15) is 4.79 Å². The number of aliphatic imine (C=N–C) groups is 1. The first-order valence-corrected chi connectivity index (χ1v) is 20.7. The van der Waals surface area contributed by atoms with Gasteiger partial charge in [0.25, 0.3) is 0 Å². The molecule has 3 amide bonds. The number of halogens is 2. The number of aromatic nitrogens is 1. The minimum Gasteiger partial charge on any atom is -0.493 e. The number of allylic oxidation sites excluding steroid dienone is 3. The molecule has 1 unspecified atom stereocenters. The van der Waals surface area contributed by atoms with Crippen LogP contribution in [0.15, 0.2) is 64.8 Å². The van der Waals surface area contributed by atoms with Crippen molar-refractivity contribution in [3.8, 4) is 5.75 Å². The summed E-state index contributed by atoms with van der Waals surface area (Å²) in [6, 6.07) is 9.29. The van der Waals surface area contributed by atoms with Crippen molar-refractivity contribution in [3.63, 3.8) is 0 Å². The molecule has 4 rings (SSSR count). The number of piperazine rings is 1. The van der Waals surface area contributed by atoms with E-state index in [4.69, 9.17) is 47.4 Å². The van der Waals surface area contributed by atoms with Crippen molar-refractivity contribution in [2.45, 2.75) is 79.3 Å². The van der Waals surface area contributed by atoms with Crippen LogP contribution in [0.2, 0.25) is 5.02 Å². The van der Waals surface area contributed by atoms with Gasteiger partial charge in [-0.2, -0.15) is 0 Å². The van der Waals surface area contributed by atoms with Crippen LogP contribution in [0.25, 0.3) is 0 Å². The molecule has 1 atom stereocenters. The molecule has 2 aromatic rings. The number of carbonyl (C=O) groups excluding carboxylic acids is 2. The average molecular weight is 814 g/mol. The Hall–Kier alpha value is -3.48. The Morgan fingerprint density at radius 3 is 2.12 bits per heavy atom. The van der Waals surface area contributed by atoms with Crippen LogP contribution in [-0.4, -0.2) is 127 Å². The topological polar surface area (TPSA) is 100 Å². The predicted molar refractivity (Wildman–Crippen MR) is 226 cm³/mol. The van der Waals surface area contributed by atoms with E-state index >= 15 is 4.79 Å². The lowest BCUT2D eigenvalue weighted by Crippen LogP contribution is -2.55. The maximum atomic E-state index is 15.0. The number of hydrogen-bond acceptors (Lipinski definition) is 8. The Bertz CT molecular complexity index is 1670. The van der Waals surface area contributed by atoms with Crippen molar-refractivity contribution in [1.82, 2.24) is 24.6 Å². The lowest BCUT2D eigenvalue weighted by molar-refractivity contribution is -0.134. The van der Waals surface area contributed by atoms with Gasteiger partial charge in [0.1, 0.15) is 11.6 Å². The zero-order chi connectivity index (χ0) is 40.9. The molecule has 1 aromatic carbocycles. The fourth-order valence-electron chi connectivity index (χ4n) is 6.59. The molecule has 56 heavy (non-hydrogen) atoms. The molecule has 1 saturated heterocycles. The number of hydrogen-bond donors (Lipinski definition) is 0. The first-order valence-electron chi connectivity index (χ1n) is 19.9. The molecular formula is C43H62Cl2N6O5. The molecule has 0 radical (unpaired) electrons. The molecule has 0 saturated carbocycles. The van der Waals surface area contributed by atoms with Crippen LogP contribution >= 0.6 is 23.2 Å². The van der Waals surface area contributed by atoms with Gasteiger partial charge in [-0.3, -0.25) is 24.6 Å².